The lowest BCUT2D eigenvalue weighted by molar-refractivity contribution is 0.0686. The molecule has 7 nitrogen and oxygen atoms in total. The molecule has 3 heterocycles. The summed E-state index contributed by atoms with van der Waals surface area (Å²) < 4.78 is 13.3. The van der Waals surface area contributed by atoms with Crippen molar-refractivity contribution in [2.75, 3.05) is 20.2 Å². The molecule has 0 aliphatic carbocycles. The van der Waals surface area contributed by atoms with Crippen molar-refractivity contribution in [2.45, 2.75) is 45.4 Å². The van der Waals surface area contributed by atoms with E-state index in [2.05, 4.69) is 23.9 Å². The maximum Gasteiger partial charge on any atom is 0.272 e. The summed E-state index contributed by atoms with van der Waals surface area (Å²) >= 11 is 0. The van der Waals surface area contributed by atoms with Crippen molar-refractivity contribution in [1.82, 2.24) is 19.7 Å². The van der Waals surface area contributed by atoms with Gasteiger partial charge in [0.15, 0.2) is 5.89 Å². The number of rotatable bonds is 7. The Morgan fingerprint density at radius 2 is 2.12 bits per heavy atom. The maximum atomic E-state index is 13.2. The first-order chi connectivity index (χ1) is 15.4. The molecular weight excluding hydrogens is 404 g/mol. The SMILES string of the molecule is COc1ccccc1Cc1cnc([C@@H]2CCCN(C(=O)c3cc(CC(C)C)nn3C)C2)o1. The van der Waals surface area contributed by atoms with Gasteiger partial charge in [0.1, 0.15) is 17.2 Å². The molecule has 170 valence electrons. The number of ether oxygens (including phenoxy) is 1. The van der Waals surface area contributed by atoms with E-state index in [-0.39, 0.29) is 11.8 Å². The third-order valence-corrected chi connectivity index (χ3v) is 5.95. The summed E-state index contributed by atoms with van der Waals surface area (Å²) in [5, 5.41) is 4.53. The van der Waals surface area contributed by atoms with Gasteiger partial charge in [0.05, 0.1) is 24.9 Å². The number of carbonyl (C=O) groups excluding carboxylic acids is 1. The highest BCUT2D eigenvalue weighted by molar-refractivity contribution is 5.92. The number of carbonyl (C=O) groups is 1. The van der Waals surface area contributed by atoms with Crippen LogP contribution in [0.2, 0.25) is 0 Å². The Labute approximate surface area is 189 Å². The molecule has 32 heavy (non-hydrogen) atoms. The highest BCUT2D eigenvalue weighted by Gasteiger charge is 2.30. The summed E-state index contributed by atoms with van der Waals surface area (Å²) in [6.45, 7) is 5.67. The van der Waals surface area contributed by atoms with Gasteiger partial charge in [-0.2, -0.15) is 5.10 Å². The highest BCUT2D eigenvalue weighted by atomic mass is 16.5. The first-order valence-corrected chi connectivity index (χ1v) is 11.3. The van der Waals surface area contributed by atoms with Crippen LogP contribution >= 0.6 is 0 Å². The van der Waals surface area contributed by atoms with Crippen LogP contribution in [0.4, 0.5) is 0 Å². The number of nitrogens with zero attached hydrogens (tertiary/aromatic N) is 4. The van der Waals surface area contributed by atoms with Gasteiger partial charge < -0.3 is 14.1 Å². The molecule has 7 heteroatoms. The van der Waals surface area contributed by atoms with Gasteiger partial charge in [-0.05, 0) is 37.3 Å². The van der Waals surface area contributed by atoms with Crippen LogP contribution in [0.5, 0.6) is 5.75 Å². The number of hydrogen-bond donors (Lipinski definition) is 0. The van der Waals surface area contributed by atoms with Gasteiger partial charge in [-0.3, -0.25) is 9.48 Å². The first-order valence-electron chi connectivity index (χ1n) is 11.3. The summed E-state index contributed by atoms with van der Waals surface area (Å²) in [6.07, 6.45) is 5.18. The maximum absolute atomic E-state index is 13.2. The molecule has 4 rings (SSSR count). The largest absolute Gasteiger partial charge is 0.496 e. The third-order valence-electron chi connectivity index (χ3n) is 5.95. The molecule has 1 aromatic carbocycles. The minimum atomic E-state index is 0.0282. The van der Waals surface area contributed by atoms with E-state index in [9.17, 15) is 4.79 Å². The number of hydrogen-bond acceptors (Lipinski definition) is 5. The number of methoxy groups -OCH3 is 1. The zero-order chi connectivity index (χ0) is 22.7. The minimum absolute atomic E-state index is 0.0282. The molecule has 1 amide bonds. The number of piperidine rings is 1. The average Bonchev–Trinajstić information content (AvgIpc) is 3.39. The van der Waals surface area contributed by atoms with Gasteiger partial charge in [-0.25, -0.2) is 4.98 Å². The quantitative estimate of drug-likeness (QED) is 0.554. The molecule has 3 aromatic rings. The van der Waals surface area contributed by atoms with Crippen LogP contribution in [0.25, 0.3) is 0 Å². The molecule has 1 saturated heterocycles. The summed E-state index contributed by atoms with van der Waals surface area (Å²) in [5.74, 6) is 2.98. The number of oxazole rings is 1. The van der Waals surface area contributed by atoms with Crippen LogP contribution < -0.4 is 4.74 Å². The molecule has 0 unspecified atom stereocenters. The monoisotopic (exact) mass is 436 g/mol. The third kappa shape index (κ3) is 4.87. The van der Waals surface area contributed by atoms with Crippen LogP contribution in [0, 0.1) is 5.92 Å². The fourth-order valence-corrected chi connectivity index (χ4v) is 4.40. The van der Waals surface area contributed by atoms with E-state index < -0.39 is 0 Å². The smallest absolute Gasteiger partial charge is 0.272 e. The Hall–Kier alpha value is -3.09. The normalized spacial score (nSPS) is 16.5. The average molecular weight is 437 g/mol. The molecule has 1 aliphatic heterocycles. The molecule has 1 fully saturated rings. The highest BCUT2D eigenvalue weighted by Crippen LogP contribution is 2.29. The second kappa shape index (κ2) is 9.59. The van der Waals surface area contributed by atoms with Crippen molar-refractivity contribution >= 4 is 5.91 Å². The van der Waals surface area contributed by atoms with Gasteiger partial charge in [0.25, 0.3) is 5.91 Å². The van der Waals surface area contributed by atoms with Gasteiger partial charge in [0.2, 0.25) is 0 Å². The zero-order valence-corrected chi connectivity index (χ0v) is 19.4. The number of benzene rings is 1. The number of likely N-dealkylation sites (tertiary alicyclic amines) is 1. The number of aromatic nitrogens is 3. The summed E-state index contributed by atoms with van der Waals surface area (Å²) in [4.78, 5) is 19.7. The van der Waals surface area contributed by atoms with Crippen molar-refractivity contribution in [3.05, 3.63) is 65.1 Å². The minimum Gasteiger partial charge on any atom is -0.496 e. The van der Waals surface area contributed by atoms with Crippen molar-refractivity contribution in [2.24, 2.45) is 13.0 Å². The molecule has 1 aliphatic rings. The summed E-state index contributed by atoms with van der Waals surface area (Å²) in [7, 11) is 3.52. The van der Waals surface area contributed by atoms with E-state index in [0.717, 1.165) is 48.6 Å². The lowest BCUT2D eigenvalue weighted by atomic mass is 9.97. The lowest BCUT2D eigenvalue weighted by Crippen LogP contribution is -2.40. The van der Waals surface area contributed by atoms with Crippen LogP contribution in [-0.2, 0) is 19.9 Å². The topological polar surface area (TPSA) is 73.4 Å². The van der Waals surface area contributed by atoms with E-state index >= 15 is 0 Å². The Bertz CT molecular complexity index is 1070. The van der Waals surface area contributed by atoms with Gasteiger partial charge >= 0.3 is 0 Å². The van der Waals surface area contributed by atoms with Gasteiger partial charge in [-0.1, -0.05) is 32.0 Å². The Kier molecular flexibility index (Phi) is 6.63. The molecule has 2 aromatic heterocycles. The van der Waals surface area contributed by atoms with Crippen LogP contribution in [0.15, 0.2) is 40.9 Å². The van der Waals surface area contributed by atoms with Crippen molar-refractivity contribution < 1.29 is 13.9 Å². The number of amides is 1. The van der Waals surface area contributed by atoms with Gasteiger partial charge in [-0.15, -0.1) is 0 Å². The van der Waals surface area contributed by atoms with Crippen molar-refractivity contribution in [3.63, 3.8) is 0 Å². The number of aryl methyl sites for hydroxylation is 1. The molecule has 0 spiro atoms. The number of para-hydroxylation sites is 1. The van der Waals surface area contributed by atoms with Crippen molar-refractivity contribution in [3.8, 4) is 5.75 Å². The zero-order valence-electron chi connectivity index (χ0n) is 19.4. The Morgan fingerprint density at radius 1 is 1.31 bits per heavy atom. The Balaban J connectivity index is 1.44. The second-order valence-corrected chi connectivity index (χ2v) is 8.99. The van der Waals surface area contributed by atoms with E-state index in [1.54, 1.807) is 18.0 Å². The molecule has 0 bridgehead atoms. The molecule has 0 saturated carbocycles. The van der Waals surface area contributed by atoms with Gasteiger partial charge in [0, 0.05) is 32.1 Å². The predicted molar refractivity (Wildman–Crippen MR) is 122 cm³/mol. The van der Waals surface area contributed by atoms with Crippen LogP contribution in [0.1, 0.15) is 66.0 Å². The fraction of sp³-hybridized carbons (Fsp3) is 0.480. The predicted octanol–water partition coefficient (Wildman–Crippen LogP) is 4.23. The van der Waals surface area contributed by atoms with E-state index in [4.69, 9.17) is 9.15 Å². The second-order valence-electron chi connectivity index (χ2n) is 8.99. The van der Waals surface area contributed by atoms with Crippen LogP contribution in [0.3, 0.4) is 0 Å². The molecule has 0 N–H and O–H groups in total. The molecule has 1 atom stereocenters. The van der Waals surface area contributed by atoms with Crippen molar-refractivity contribution in [1.29, 1.82) is 0 Å². The van der Waals surface area contributed by atoms with E-state index in [0.29, 0.717) is 30.5 Å². The Morgan fingerprint density at radius 3 is 2.91 bits per heavy atom. The first kappa shape index (κ1) is 22.1. The summed E-state index contributed by atoms with van der Waals surface area (Å²) in [6, 6.07) is 9.86. The fourth-order valence-electron chi connectivity index (χ4n) is 4.40. The molecular formula is C25H32N4O3. The standard InChI is InChI=1S/C25H32N4O3/c1-17(2)12-20-14-22(28(3)27-20)25(30)29-11-7-9-19(16-29)24-26-15-21(32-24)13-18-8-5-6-10-23(18)31-4/h5-6,8,10,14-15,17,19H,7,9,11-13,16H2,1-4H3/t19-/m1/s1. The van der Waals surface area contributed by atoms with Crippen LogP contribution in [-0.4, -0.2) is 45.8 Å². The summed E-state index contributed by atoms with van der Waals surface area (Å²) in [5.41, 5.74) is 2.67. The lowest BCUT2D eigenvalue weighted by Gasteiger charge is -2.31. The van der Waals surface area contributed by atoms with E-state index in [1.807, 2.05) is 42.3 Å². The molecule has 0 radical (unpaired) electrons. The van der Waals surface area contributed by atoms with E-state index in [1.165, 1.54) is 0 Å².